The molecule has 0 unspecified atom stereocenters. The topological polar surface area (TPSA) is 116 Å². The lowest BCUT2D eigenvalue weighted by molar-refractivity contribution is -0.125. The highest BCUT2D eigenvalue weighted by Gasteiger charge is 2.28. The summed E-state index contributed by atoms with van der Waals surface area (Å²) in [5.41, 5.74) is 2.51. The molecule has 0 bridgehead atoms. The van der Waals surface area contributed by atoms with Crippen molar-refractivity contribution in [3.8, 4) is 0 Å². The van der Waals surface area contributed by atoms with Crippen molar-refractivity contribution in [1.29, 1.82) is 0 Å². The van der Waals surface area contributed by atoms with Gasteiger partial charge >= 0.3 is 6.03 Å². The second-order valence-electron chi connectivity index (χ2n) is 7.51. The summed E-state index contributed by atoms with van der Waals surface area (Å²) in [5, 5.41) is 2.45. The van der Waals surface area contributed by atoms with Gasteiger partial charge in [0.1, 0.15) is 0 Å². The van der Waals surface area contributed by atoms with Gasteiger partial charge in [-0.3, -0.25) is 19.2 Å². The molecule has 4 rings (SSSR count). The van der Waals surface area contributed by atoms with E-state index < -0.39 is 16.1 Å². The summed E-state index contributed by atoms with van der Waals surface area (Å²) < 4.78 is 28.4. The zero-order valence-electron chi connectivity index (χ0n) is 16.9. The second kappa shape index (κ2) is 8.03. The first-order valence-corrected chi connectivity index (χ1v) is 11.3. The zero-order valence-corrected chi connectivity index (χ0v) is 17.7. The predicted octanol–water partition coefficient (Wildman–Crippen LogP) is 1.84. The second-order valence-corrected chi connectivity index (χ2v) is 9.19. The van der Waals surface area contributed by atoms with Crippen LogP contribution < -0.4 is 14.9 Å². The van der Waals surface area contributed by atoms with Crippen LogP contribution in [0.25, 0.3) is 0 Å². The van der Waals surface area contributed by atoms with Gasteiger partial charge in [0.2, 0.25) is 11.8 Å². The lowest BCUT2D eigenvalue weighted by Crippen LogP contribution is -2.33. The van der Waals surface area contributed by atoms with Crippen molar-refractivity contribution >= 4 is 39.2 Å². The van der Waals surface area contributed by atoms with Crippen LogP contribution in [0.15, 0.2) is 47.4 Å². The van der Waals surface area contributed by atoms with Crippen molar-refractivity contribution in [3.05, 3.63) is 53.6 Å². The number of hydrogen-bond donors (Lipinski definition) is 2. The number of amides is 4. The maximum atomic E-state index is 12.9. The Morgan fingerprint density at radius 3 is 2.68 bits per heavy atom. The Morgan fingerprint density at radius 1 is 1.16 bits per heavy atom. The first-order valence-electron chi connectivity index (χ1n) is 9.85. The summed E-state index contributed by atoms with van der Waals surface area (Å²) in [6.07, 6.45) is 1.47. The molecule has 162 valence electrons. The molecule has 2 aromatic carbocycles. The maximum Gasteiger partial charge on any atom is 0.324 e. The number of benzene rings is 2. The number of fused-ring (bicyclic) bond motifs is 1. The maximum absolute atomic E-state index is 12.9. The molecule has 0 radical (unpaired) electrons. The van der Waals surface area contributed by atoms with Crippen LogP contribution in [0.2, 0.25) is 0 Å². The van der Waals surface area contributed by atoms with Gasteiger partial charge in [0.25, 0.3) is 10.0 Å². The van der Waals surface area contributed by atoms with E-state index in [0.29, 0.717) is 24.2 Å². The number of imide groups is 1. The third-order valence-corrected chi connectivity index (χ3v) is 6.70. The highest BCUT2D eigenvalue weighted by Crippen LogP contribution is 2.30. The molecule has 2 aromatic rings. The smallest absolute Gasteiger partial charge is 0.324 e. The number of carbonyl (C=O) groups excluding carboxylic acids is 3. The van der Waals surface area contributed by atoms with Crippen LogP contribution in [-0.4, -0.2) is 44.3 Å². The molecular formula is C21H22N4O5S. The highest BCUT2D eigenvalue weighted by molar-refractivity contribution is 7.92. The quantitative estimate of drug-likeness (QED) is 0.686. The summed E-state index contributed by atoms with van der Waals surface area (Å²) in [6.45, 7) is 2.13. The zero-order chi connectivity index (χ0) is 22.2. The molecule has 2 N–H and O–H groups in total. The highest BCUT2D eigenvalue weighted by atomic mass is 32.2. The number of sulfonamides is 1. The Kier molecular flexibility index (Phi) is 5.40. The molecule has 2 heterocycles. The Bertz CT molecular complexity index is 1160. The van der Waals surface area contributed by atoms with Gasteiger partial charge in [0.15, 0.2) is 0 Å². The SMILES string of the molecule is CC(=O)N1CCCc2cc(S(=O)(=O)Nc3cccc(CN4C(=O)CNC4=O)c3)ccc21. The summed E-state index contributed by atoms with van der Waals surface area (Å²) in [5.74, 6) is -0.402. The summed E-state index contributed by atoms with van der Waals surface area (Å²) in [7, 11) is -3.86. The van der Waals surface area contributed by atoms with Crippen molar-refractivity contribution < 1.29 is 22.8 Å². The fraction of sp³-hybridized carbons (Fsp3) is 0.286. The predicted molar refractivity (Wildman–Crippen MR) is 114 cm³/mol. The number of hydrogen-bond acceptors (Lipinski definition) is 5. The van der Waals surface area contributed by atoms with Crippen LogP contribution >= 0.6 is 0 Å². The normalized spacial score (nSPS) is 16.2. The molecule has 2 aliphatic heterocycles. The molecule has 0 saturated carbocycles. The third-order valence-electron chi connectivity index (χ3n) is 5.32. The molecule has 31 heavy (non-hydrogen) atoms. The van der Waals surface area contributed by atoms with E-state index in [0.717, 1.165) is 22.6 Å². The Labute approximate surface area is 180 Å². The standard InChI is InChI=1S/C21H22N4O5S/c1-14(26)24-9-3-5-16-11-18(7-8-19(16)24)31(29,30)23-17-6-2-4-15(10-17)13-25-20(27)12-22-21(25)28/h2,4,6-8,10-11,23H,3,5,9,12-13H2,1H3,(H,22,28). The summed E-state index contributed by atoms with van der Waals surface area (Å²) >= 11 is 0. The van der Waals surface area contributed by atoms with E-state index in [1.807, 2.05) is 0 Å². The minimum atomic E-state index is -3.86. The van der Waals surface area contributed by atoms with E-state index in [-0.39, 0.29) is 29.8 Å². The van der Waals surface area contributed by atoms with Crippen LogP contribution in [0.3, 0.4) is 0 Å². The van der Waals surface area contributed by atoms with Crippen LogP contribution in [0.5, 0.6) is 0 Å². The van der Waals surface area contributed by atoms with Gasteiger partial charge in [-0.25, -0.2) is 13.2 Å². The molecular weight excluding hydrogens is 420 g/mol. The average molecular weight is 442 g/mol. The van der Waals surface area contributed by atoms with E-state index >= 15 is 0 Å². The molecule has 0 aliphatic carbocycles. The van der Waals surface area contributed by atoms with Gasteiger partial charge in [-0.1, -0.05) is 12.1 Å². The number of anilines is 2. The summed E-state index contributed by atoms with van der Waals surface area (Å²) in [4.78, 5) is 38.2. The Balaban J connectivity index is 1.55. The minimum Gasteiger partial charge on any atom is -0.329 e. The number of rotatable bonds is 5. The molecule has 4 amide bonds. The molecule has 1 saturated heterocycles. The van der Waals surface area contributed by atoms with E-state index in [1.54, 1.807) is 41.3 Å². The van der Waals surface area contributed by atoms with Gasteiger partial charge in [0, 0.05) is 24.8 Å². The molecule has 10 heteroatoms. The fourth-order valence-electron chi connectivity index (χ4n) is 3.81. The largest absolute Gasteiger partial charge is 0.329 e. The van der Waals surface area contributed by atoms with Gasteiger partial charge in [0.05, 0.1) is 18.0 Å². The molecule has 0 aromatic heterocycles. The van der Waals surface area contributed by atoms with Crippen molar-refractivity contribution in [2.45, 2.75) is 31.2 Å². The van der Waals surface area contributed by atoms with Crippen LogP contribution in [0, 0.1) is 0 Å². The molecule has 1 fully saturated rings. The molecule has 0 spiro atoms. The van der Waals surface area contributed by atoms with E-state index in [9.17, 15) is 22.8 Å². The van der Waals surface area contributed by atoms with E-state index in [4.69, 9.17) is 0 Å². The lowest BCUT2D eigenvalue weighted by Gasteiger charge is -2.28. The number of nitrogens with one attached hydrogen (secondary N) is 2. The first kappa shape index (κ1) is 20.9. The Morgan fingerprint density at radius 2 is 1.97 bits per heavy atom. The van der Waals surface area contributed by atoms with Crippen molar-refractivity contribution in [3.63, 3.8) is 0 Å². The monoisotopic (exact) mass is 442 g/mol. The van der Waals surface area contributed by atoms with E-state index in [1.165, 1.54) is 13.0 Å². The van der Waals surface area contributed by atoms with Crippen LogP contribution in [-0.2, 0) is 32.6 Å². The average Bonchev–Trinajstić information content (AvgIpc) is 3.04. The van der Waals surface area contributed by atoms with Gasteiger partial charge in [-0.2, -0.15) is 0 Å². The lowest BCUT2D eigenvalue weighted by atomic mass is 10.0. The molecule has 2 aliphatic rings. The van der Waals surface area contributed by atoms with E-state index in [2.05, 4.69) is 10.0 Å². The number of carbonyl (C=O) groups is 3. The van der Waals surface area contributed by atoms with Gasteiger partial charge in [-0.15, -0.1) is 0 Å². The van der Waals surface area contributed by atoms with Gasteiger partial charge in [-0.05, 0) is 54.3 Å². The van der Waals surface area contributed by atoms with Gasteiger partial charge < -0.3 is 10.2 Å². The van der Waals surface area contributed by atoms with Crippen molar-refractivity contribution in [1.82, 2.24) is 10.2 Å². The number of urea groups is 1. The van der Waals surface area contributed by atoms with Crippen molar-refractivity contribution in [2.24, 2.45) is 0 Å². The number of nitrogens with zero attached hydrogens (tertiary/aromatic N) is 2. The summed E-state index contributed by atoms with van der Waals surface area (Å²) in [6, 6.07) is 10.8. The van der Waals surface area contributed by atoms with Crippen LogP contribution in [0.1, 0.15) is 24.5 Å². The molecule has 9 nitrogen and oxygen atoms in total. The first-order chi connectivity index (χ1) is 14.7. The fourth-order valence-corrected chi connectivity index (χ4v) is 4.91. The van der Waals surface area contributed by atoms with Crippen molar-refractivity contribution in [2.75, 3.05) is 22.7 Å². The third kappa shape index (κ3) is 4.24. The van der Waals surface area contributed by atoms with Crippen LogP contribution in [0.4, 0.5) is 16.2 Å². The molecule has 0 atom stereocenters. The number of aryl methyl sites for hydroxylation is 1. The Hall–Kier alpha value is -3.40. The minimum absolute atomic E-state index is 0.0372.